The minimum atomic E-state index is -5.42. The fourth-order valence-electron chi connectivity index (χ4n) is 2.71. The summed E-state index contributed by atoms with van der Waals surface area (Å²) in [6, 6.07) is 0. The lowest BCUT2D eigenvalue weighted by molar-refractivity contribution is -0.0652. The molecular formula is C10H14N8O10P2. The molecule has 20 heteroatoms. The van der Waals surface area contributed by atoms with Crippen LogP contribution in [0.1, 0.15) is 6.23 Å². The Morgan fingerprint density at radius 1 is 1.33 bits per heavy atom. The van der Waals surface area contributed by atoms with E-state index in [9.17, 15) is 19.1 Å². The number of anilines is 1. The number of phosphoric acid groups is 2. The third-order valence-electron chi connectivity index (χ3n) is 3.77. The lowest BCUT2D eigenvalue weighted by Crippen LogP contribution is -2.35. The van der Waals surface area contributed by atoms with E-state index in [2.05, 4.69) is 34.3 Å². The molecule has 0 aliphatic carbocycles. The van der Waals surface area contributed by atoms with Crippen LogP contribution in [-0.2, 0) is 27.5 Å². The summed E-state index contributed by atoms with van der Waals surface area (Å²) in [5.41, 5.74) is 14.3. The number of aliphatic hydroxyl groups is 1. The highest BCUT2D eigenvalue weighted by Crippen LogP contribution is 2.59. The molecule has 1 saturated heterocycles. The van der Waals surface area contributed by atoms with Gasteiger partial charge in [-0.3, -0.25) is 9.09 Å². The predicted molar refractivity (Wildman–Crippen MR) is 92.6 cm³/mol. The number of azide groups is 1. The van der Waals surface area contributed by atoms with Gasteiger partial charge in [0, 0.05) is 4.91 Å². The van der Waals surface area contributed by atoms with Crippen molar-refractivity contribution in [1.82, 2.24) is 19.5 Å². The minimum absolute atomic E-state index is 0.0391. The van der Waals surface area contributed by atoms with Gasteiger partial charge in [-0.05, 0) is 5.53 Å². The number of hydrogen-bond acceptors (Lipinski definition) is 12. The van der Waals surface area contributed by atoms with Crippen molar-refractivity contribution in [3.63, 3.8) is 0 Å². The molecule has 18 nitrogen and oxygen atoms in total. The molecule has 6 N–H and O–H groups in total. The van der Waals surface area contributed by atoms with Crippen LogP contribution in [0.4, 0.5) is 5.82 Å². The molecular weight excluding hydrogens is 454 g/mol. The maximum absolute atomic E-state index is 11.9. The van der Waals surface area contributed by atoms with E-state index < -0.39 is 46.8 Å². The minimum Gasteiger partial charge on any atom is -0.431 e. The SMILES string of the molecule is [N-]=[N+]=NOC[C@H]1O[C@@H](n2cnc3c(N)ncnc32)[C@H](O)[C@@H]1OP(=O)(O)OP(=O)(O)O. The van der Waals surface area contributed by atoms with Crippen LogP contribution in [-0.4, -0.2) is 64.2 Å². The van der Waals surface area contributed by atoms with Crippen LogP contribution in [0, 0.1) is 0 Å². The number of nitrogen functional groups attached to an aromatic ring is 1. The van der Waals surface area contributed by atoms with Crippen molar-refractivity contribution in [3.05, 3.63) is 23.1 Å². The van der Waals surface area contributed by atoms with E-state index in [0.29, 0.717) is 0 Å². The second-order valence-corrected chi connectivity index (χ2v) is 8.50. The van der Waals surface area contributed by atoms with E-state index in [-0.39, 0.29) is 17.0 Å². The summed E-state index contributed by atoms with van der Waals surface area (Å²) in [7, 11) is -10.8. The fourth-order valence-corrected chi connectivity index (χ4v) is 4.51. The molecule has 0 spiro atoms. The van der Waals surface area contributed by atoms with Crippen molar-refractivity contribution >= 4 is 32.6 Å². The second-order valence-electron chi connectivity index (χ2n) is 5.72. The number of aromatic nitrogens is 4. The molecule has 164 valence electrons. The fraction of sp³-hybridized carbons (Fsp3) is 0.500. The third kappa shape index (κ3) is 4.85. The van der Waals surface area contributed by atoms with Crippen molar-refractivity contribution in [3.8, 4) is 0 Å². The van der Waals surface area contributed by atoms with Gasteiger partial charge in [0.2, 0.25) is 0 Å². The molecule has 1 aliphatic rings. The Kier molecular flexibility index (Phi) is 6.26. The van der Waals surface area contributed by atoms with Crippen molar-refractivity contribution in [2.24, 2.45) is 5.28 Å². The number of ether oxygens (including phenoxy) is 1. The average molecular weight is 468 g/mol. The first-order chi connectivity index (χ1) is 14.0. The number of nitrogens with zero attached hydrogens (tertiary/aromatic N) is 7. The zero-order valence-electron chi connectivity index (χ0n) is 14.5. The number of imidazole rings is 1. The van der Waals surface area contributed by atoms with E-state index in [4.69, 9.17) is 30.3 Å². The molecule has 5 atom stereocenters. The van der Waals surface area contributed by atoms with Crippen LogP contribution in [0.15, 0.2) is 17.9 Å². The Morgan fingerprint density at radius 3 is 2.73 bits per heavy atom. The largest absolute Gasteiger partial charge is 0.481 e. The van der Waals surface area contributed by atoms with Gasteiger partial charge in [0.25, 0.3) is 0 Å². The van der Waals surface area contributed by atoms with Crippen molar-refractivity contribution in [2.75, 3.05) is 12.3 Å². The smallest absolute Gasteiger partial charge is 0.431 e. The van der Waals surface area contributed by atoms with E-state index in [1.54, 1.807) is 0 Å². The zero-order chi connectivity index (χ0) is 22.1. The molecule has 0 aromatic carbocycles. The zero-order valence-corrected chi connectivity index (χ0v) is 16.3. The second kappa shape index (κ2) is 8.41. The number of fused-ring (bicyclic) bond motifs is 1. The molecule has 2 aromatic heterocycles. The van der Waals surface area contributed by atoms with Gasteiger partial charge in [0.15, 0.2) is 17.7 Å². The highest BCUT2D eigenvalue weighted by atomic mass is 31.3. The van der Waals surface area contributed by atoms with Gasteiger partial charge >= 0.3 is 15.6 Å². The molecule has 0 amide bonds. The van der Waals surface area contributed by atoms with Crippen molar-refractivity contribution in [1.29, 1.82) is 0 Å². The van der Waals surface area contributed by atoms with Crippen LogP contribution in [0.2, 0.25) is 0 Å². The highest BCUT2D eigenvalue weighted by Gasteiger charge is 2.50. The average Bonchev–Trinajstić information content (AvgIpc) is 3.17. The van der Waals surface area contributed by atoms with Crippen LogP contribution < -0.4 is 5.73 Å². The first kappa shape index (κ1) is 22.3. The molecule has 2 aromatic rings. The Hall–Kier alpha value is -2.36. The Labute approximate surface area is 165 Å². The summed E-state index contributed by atoms with van der Waals surface area (Å²) < 4.78 is 38.0. The molecule has 1 fully saturated rings. The number of rotatable bonds is 8. The Bertz CT molecular complexity index is 1070. The summed E-state index contributed by atoms with van der Waals surface area (Å²) in [4.78, 5) is 45.8. The molecule has 0 bridgehead atoms. The maximum Gasteiger partial charge on any atom is 0.481 e. The summed E-state index contributed by atoms with van der Waals surface area (Å²) in [6.07, 6.45) is -3.80. The Morgan fingerprint density at radius 2 is 2.07 bits per heavy atom. The molecule has 0 saturated carbocycles. The van der Waals surface area contributed by atoms with Crippen molar-refractivity contribution < 1.29 is 47.3 Å². The van der Waals surface area contributed by atoms with Crippen LogP contribution in [0.5, 0.6) is 0 Å². The van der Waals surface area contributed by atoms with Gasteiger partial charge in [-0.2, -0.15) is 4.31 Å². The predicted octanol–water partition coefficient (Wildman–Crippen LogP) is -0.496. The number of aliphatic hydroxyl groups excluding tert-OH is 1. The third-order valence-corrected chi connectivity index (χ3v) is 5.95. The van der Waals surface area contributed by atoms with Crippen LogP contribution in [0.25, 0.3) is 21.6 Å². The van der Waals surface area contributed by atoms with Gasteiger partial charge < -0.3 is 35.1 Å². The quantitative estimate of drug-likeness (QED) is 0.107. The van der Waals surface area contributed by atoms with Gasteiger partial charge in [0.05, 0.1) is 6.33 Å². The standard InChI is InChI=1S/C10H14N8O10P2/c11-8-5-9(14-2-13-8)18(3-15-5)10-6(19)7(4(26-10)1-25-17-16-12)27-30(23,24)28-29(20,21)22/h2-4,6-7,10,19H,1H2,(H,23,24)(H2,11,13,14)(H2,20,21,22)/t4-,6-,7-,10-/m1/s1. The molecule has 3 heterocycles. The summed E-state index contributed by atoms with van der Waals surface area (Å²) in [5, 5.41) is 13.4. The lowest BCUT2D eigenvalue weighted by Gasteiger charge is -2.22. The summed E-state index contributed by atoms with van der Waals surface area (Å²) in [6.45, 7) is -0.568. The molecule has 3 rings (SSSR count). The first-order valence-corrected chi connectivity index (χ1v) is 10.8. The van der Waals surface area contributed by atoms with Gasteiger partial charge in [-0.15, -0.1) is 0 Å². The van der Waals surface area contributed by atoms with E-state index >= 15 is 0 Å². The first-order valence-electron chi connectivity index (χ1n) is 7.73. The summed E-state index contributed by atoms with van der Waals surface area (Å²) in [5.74, 6) is 0.0391. The van der Waals surface area contributed by atoms with Crippen LogP contribution in [0.3, 0.4) is 0 Å². The monoisotopic (exact) mass is 468 g/mol. The molecule has 1 aliphatic heterocycles. The topological polar surface area (TPSA) is 270 Å². The number of nitrogens with two attached hydrogens (primary N) is 1. The van der Waals surface area contributed by atoms with Crippen LogP contribution >= 0.6 is 15.6 Å². The van der Waals surface area contributed by atoms with E-state index in [0.717, 1.165) is 6.33 Å². The molecule has 1 unspecified atom stereocenters. The van der Waals surface area contributed by atoms with Gasteiger partial charge in [-0.1, -0.05) is 0 Å². The Balaban J connectivity index is 1.91. The molecule has 0 radical (unpaired) electrons. The maximum atomic E-state index is 11.9. The normalized spacial score (nSPS) is 26.3. The van der Waals surface area contributed by atoms with Gasteiger partial charge in [0.1, 0.15) is 42.0 Å². The number of hydrogen-bond donors (Lipinski definition) is 5. The van der Waals surface area contributed by atoms with Gasteiger partial charge in [-0.25, -0.2) is 24.1 Å². The molecule has 30 heavy (non-hydrogen) atoms. The lowest BCUT2D eigenvalue weighted by atomic mass is 10.1. The van der Waals surface area contributed by atoms with Crippen molar-refractivity contribution in [2.45, 2.75) is 24.5 Å². The number of phosphoric ester groups is 1. The van der Waals surface area contributed by atoms with E-state index in [1.165, 1.54) is 10.9 Å². The highest BCUT2D eigenvalue weighted by molar-refractivity contribution is 7.60. The van der Waals surface area contributed by atoms with E-state index in [1.807, 2.05) is 0 Å². The summed E-state index contributed by atoms with van der Waals surface area (Å²) >= 11 is 0.